The van der Waals surface area contributed by atoms with Crippen LogP contribution >= 0.6 is 0 Å². The molecule has 0 atom stereocenters. The molecule has 2 radical (unpaired) electrons. The van der Waals surface area contributed by atoms with Crippen LogP contribution in [0.4, 0.5) is 0 Å². The Morgan fingerprint density at radius 3 is 2.42 bits per heavy atom. The van der Waals surface area contributed by atoms with Crippen LogP contribution in [0.1, 0.15) is 20.8 Å². The third-order valence-electron chi connectivity index (χ3n) is 1.21. The zero-order valence-corrected chi connectivity index (χ0v) is 7.44. The minimum Gasteiger partial charge on any atom is -0.263 e. The van der Waals surface area contributed by atoms with E-state index in [1.807, 2.05) is 13.8 Å². The van der Waals surface area contributed by atoms with Gasteiger partial charge in [-0.05, 0) is 6.92 Å². The lowest BCUT2D eigenvalue weighted by molar-refractivity contribution is -0.447. The van der Waals surface area contributed by atoms with Crippen molar-refractivity contribution in [2.24, 2.45) is 4.99 Å². The molecule has 0 N–H and O–H groups in total. The summed E-state index contributed by atoms with van der Waals surface area (Å²) in [5.74, 6) is 0.639. The van der Waals surface area contributed by atoms with E-state index in [1.54, 1.807) is 13.0 Å². The molecule has 0 bridgehead atoms. The quantitative estimate of drug-likeness (QED) is 0.444. The largest absolute Gasteiger partial charge is 0.341 e. The fourth-order valence-corrected chi connectivity index (χ4v) is 0.647. The van der Waals surface area contributed by atoms with Crippen molar-refractivity contribution in [2.45, 2.75) is 20.8 Å². The Hall–Kier alpha value is -1.19. The molecule has 66 valence electrons. The summed E-state index contributed by atoms with van der Waals surface area (Å²) in [6.07, 6.45) is 4.38. The number of hydrogen-bond acceptors (Lipinski definition) is 3. The summed E-state index contributed by atoms with van der Waals surface area (Å²) < 4.78 is 0. The zero-order chi connectivity index (χ0) is 9.56. The Morgan fingerprint density at radius 1 is 1.50 bits per heavy atom. The summed E-state index contributed by atoms with van der Waals surface area (Å²) in [7, 11) is 0. The second-order valence-corrected chi connectivity index (χ2v) is 1.92. The SMILES string of the molecule is CC.C[C]1C=CN=C[C]1[N+](=O)[O-]. The molecule has 0 amide bonds. The van der Waals surface area contributed by atoms with Gasteiger partial charge in [-0.15, -0.1) is 0 Å². The topological polar surface area (TPSA) is 55.5 Å². The van der Waals surface area contributed by atoms with Crippen LogP contribution in [0.3, 0.4) is 0 Å². The van der Waals surface area contributed by atoms with Gasteiger partial charge < -0.3 is 0 Å². The van der Waals surface area contributed by atoms with E-state index >= 15 is 0 Å². The maximum absolute atomic E-state index is 10.2. The number of nitro groups is 1. The Kier molecular flexibility index (Phi) is 4.92. The minimum absolute atomic E-state index is 0.0718. The van der Waals surface area contributed by atoms with Gasteiger partial charge in [0.2, 0.25) is 0 Å². The Morgan fingerprint density at radius 2 is 2.08 bits per heavy atom. The first-order valence-electron chi connectivity index (χ1n) is 3.77. The number of hydrogen-bond donors (Lipinski definition) is 0. The van der Waals surface area contributed by atoms with Crippen molar-refractivity contribution >= 4 is 6.21 Å². The van der Waals surface area contributed by atoms with Crippen LogP contribution in [0.25, 0.3) is 0 Å². The number of rotatable bonds is 1. The summed E-state index contributed by atoms with van der Waals surface area (Å²) in [6.45, 7) is 5.68. The summed E-state index contributed by atoms with van der Waals surface area (Å²) in [4.78, 5) is 13.4. The molecule has 4 heteroatoms. The summed E-state index contributed by atoms with van der Waals surface area (Å²) >= 11 is 0. The lowest BCUT2D eigenvalue weighted by Gasteiger charge is -2.07. The summed E-state index contributed by atoms with van der Waals surface area (Å²) in [5.41, 5.74) is 0. The predicted molar refractivity (Wildman–Crippen MR) is 48.1 cm³/mol. The third kappa shape index (κ3) is 2.82. The second kappa shape index (κ2) is 5.46. The maximum Gasteiger partial charge on any atom is 0.341 e. The normalized spacial score (nSPS) is 16.9. The highest BCUT2D eigenvalue weighted by Gasteiger charge is 2.29. The van der Waals surface area contributed by atoms with Gasteiger partial charge >= 0.3 is 6.04 Å². The molecule has 1 aliphatic rings. The van der Waals surface area contributed by atoms with Gasteiger partial charge in [-0.3, -0.25) is 15.1 Å². The monoisotopic (exact) mass is 168 g/mol. The maximum atomic E-state index is 10.2. The van der Waals surface area contributed by atoms with E-state index in [2.05, 4.69) is 4.99 Å². The first kappa shape index (κ1) is 10.8. The molecule has 0 saturated heterocycles. The van der Waals surface area contributed by atoms with E-state index in [1.165, 1.54) is 12.4 Å². The fraction of sp³-hybridized carbons (Fsp3) is 0.375. The molecule has 12 heavy (non-hydrogen) atoms. The van der Waals surface area contributed by atoms with Crippen molar-refractivity contribution < 1.29 is 4.92 Å². The lowest BCUT2D eigenvalue weighted by atomic mass is 10.0. The third-order valence-corrected chi connectivity index (χ3v) is 1.21. The molecule has 0 unspecified atom stereocenters. The smallest absolute Gasteiger partial charge is 0.263 e. The van der Waals surface area contributed by atoms with Crippen LogP contribution < -0.4 is 0 Å². The molecule has 0 aromatic heterocycles. The fourth-order valence-electron chi connectivity index (χ4n) is 0.647. The molecule has 0 aliphatic carbocycles. The first-order valence-corrected chi connectivity index (χ1v) is 3.77. The zero-order valence-electron chi connectivity index (χ0n) is 7.44. The standard InChI is InChI=1S/C6H6N2O2.C2H6/c1-5-2-3-7-4-6(5)8(9)10;1-2/h2-4H,1H3;1-2H3. The molecule has 0 aromatic carbocycles. The molecule has 0 saturated carbocycles. The van der Waals surface area contributed by atoms with Crippen molar-refractivity contribution in [1.82, 2.24) is 0 Å². The van der Waals surface area contributed by atoms with E-state index < -0.39 is 4.92 Å². The van der Waals surface area contributed by atoms with Gasteiger partial charge in [-0.25, -0.2) is 0 Å². The van der Waals surface area contributed by atoms with Crippen LogP contribution in [0.5, 0.6) is 0 Å². The highest BCUT2D eigenvalue weighted by atomic mass is 16.6. The van der Waals surface area contributed by atoms with Gasteiger partial charge in [0.25, 0.3) is 0 Å². The molecule has 1 rings (SSSR count). The van der Waals surface area contributed by atoms with Crippen LogP contribution in [-0.2, 0) is 0 Å². The van der Waals surface area contributed by atoms with E-state index in [0.717, 1.165) is 0 Å². The molecular weight excluding hydrogens is 156 g/mol. The van der Waals surface area contributed by atoms with Crippen molar-refractivity contribution in [1.29, 1.82) is 0 Å². The van der Waals surface area contributed by atoms with E-state index in [9.17, 15) is 10.1 Å². The average Bonchev–Trinajstić information content (AvgIpc) is 2.08. The Bertz CT molecular complexity index is 199. The van der Waals surface area contributed by atoms with Crippen LogP contribution in [0, 0.1) is 22.1 Å². The number of nitrogens with zero attached hydrogens (tertiary/aromatic N) is 2. The van der Waals surface area contributed by atoms with Crippen LogP contribution in [-0.4, -0.2) is 11.1 Å². The molecule has 0 fully saturated rings. The second-order valence-electron chi connectivity index (χ2n) is 1.92. The van der Waals surface area contributed by atoms with Crippen molar-refractivity contribution in [3.8, 4) is 0 Å². The molecule has 1 aliphatic heterocycles. The van der Waals surface area contributed by atoms with Gasteiger partial charge in [0.1, 0.15) is 0 Å². The molecule has 0 spiro atoms. The summed E-state index contributed by atoms with van der Waals surface area (Å²) in [5, 5.41) is 10.2. The molecule has 1 heterocycles. The first-order chi connectivity index (χ1) is 5.72. The van der Waals surface area contributed by atoms with E-state index in [0.29, 0.717) is 5.92 Å². The minimum atomic E-state index is -0.442. The van der Waals surface area contributed by atoms with Crippen molar-refractivity contribution in [3.05, 3.63) is 34.4 Å². The van der Waals surface area contributed by atoms with Crippen LogP contribution in [0.2, 0.25) is 0 Å². The van der Waals surface area contributed by atoms with E-state index in [-0.39, 0.29) is 6.04 Å². The highest BCUT2D eigenvalue weighted by molar-refractivity contribution is 5.78. The van der Waals surface area contributed by atoms with Crippen LogP contribution in [0.15, 0.2) is 17.3 Å². The van der Waals surface area contributed by atoms with Gasteiger partial charge in [0, 0.05) is 11.1 Å². The highest BCUT2D eigenvalue weighted by Crippen LogP contribution is 2.19. The van der Waals surface area contributed by atoms with Gasteiger partial charge in [-0.1, -0.05) is 19.9 Å². The average molecular weight is 168 g/mol. The Balaban J connectivity index is 0.000000561. The van der Waals surface area contributed by atoms with E-state index in [4.69, 9.17) is 0 Å². The van der Waals surface area contributed by atoms with Crippen molar-refractivity contribution in [2.75, 3.05) is 0 Å². The van der Waals surface area contributed by atoms with Gasteiger partial charge in [-0.2, -0.15) is 0 Å². The number of aliphatic imine (C=N–C) groups is 1. The lowest BCUT2D eigenvalue weighted by Crippen LogP contribution is -2.18. The molecular formula is C8H12N2O2. The van der Waals surface area contributed by atoms with Gasteiger partial charge in [0.15, 0.2) is 0 Å². The van der Waals surface area contributed by atoms with Gasteiger partial charge in [0.05, 0.1) is 12.1 Å². The van der Waals surface area contributed by atoms with Crippen molar-refractivity contribution in [3.63, 3.8) is 0 Å². The molecule has 0 aromatic rings. The predicted octanol–water partition coefficient (Wildman–Crippen LogP) is 2.01. The summed E-state index contributed by atoms with van der Waals surface area (Å²) in [6, 6.07) is 0.0718. The Labute approximate surface area is 72.2 Å². The molecule has 4 nitrogen and oxygen atoms in total.